The van der Waals surface area contributed by atoms with Gasteiger partial charge in [0.25, 0.3) is 0 Å². The maximum Gasteiger partial charge on any atom is -0.0146 e. The molecule has 0 N–H and O–H groups in total. The van der Waals surface area contributed by atoms with Crippen LogP contribution in [-0.2, 0) is 0 Å². The van der Waals surface area contributed by atoms with Crippen LogP contribution < -0.4 is 0 Å². The van der Waals surface area contributed by atoms with Gasteiger partial charge in [-0.25, -0.2) is 0 Å². The zero-order chi connectivity index (χ0) is 13.9. The summed E-state index contributed by atoms with van der Waals surface area (Å²) in [5, 5.41) is 0. The van der Waals surface area contributed by atoms with E-state index < -0.39 is 0 Å². The third kappa shape index (κ3) is 2.37. The molecule has 0 heterocycles. The number of rotatable bonds is 2. The minimum absolute atomic E-state index is 1.27. The van der Waals surface area contributed by atoms with Crippen LogP contribution in [0.5, 0.6) is 0 Å². The topological polar surface area (TPSA) is 0 Å². The van der Waals surface area contributed by atoms with Crippen molar-refractivity contribution in [1.82, 2.24) is 0 Å². The zero-order valence-corrected chi connectivity index (χ0v) is 11.9. The molecule has 0 spiro atoms. The van der Waals surface area contributed by atoms with Crippen molar-refractivity contribution in [3.05, 3.63) is 83.9 Å². The third-order valence-corrected chi connectivity index (χ3v) is 3.86. The van der Waals surface area contributed by atoms with Gasteiger partial charge < -0.3 is 0 Å². The third-order valence-electron chi connectivity index (χ3n) is 3.86. The Balaban J connectivity index is 2.19. The van der Waals surface area contributed by atoms with E-state index in [0.29, 0.717) is 0 Å². The predicted octanol–water partition coefficient (Wildman–Crippen LogP) is 5.64. The normalized spacial score (nSPS) is 10.5. The molecule has 0 radical (unpaired) electrons. The van der Waals surface area contributed by atoms with E-state index in [4.69, 9.17) is 0 Å². The fraction of sp³-hybridized carbons (Fsp3) is 0.100. The monoisotopic (exact) mass is 258 g/mol. The molecular weight excluding hydrogens is 240 g/mol. The van der Waals surface area contributed by atoms with Crippen LogP contribution in [0.4, 0.5) is 0 Å². The fourth-order valence-electron chi connectivity index (χ4n) is 2.57. The second kappa shape index (κ2) is 5.34. The van der Waals surface area contributed by atoms with E-state index in [1.54, 1.807) is 0 Å². The van der Waals surface area contributed by atoms with E-state index in [9.17, 15) is 0 Å². The zero-order valence-electron chi connectivity index (χ0n) is 11.9. The van der Waals surface area contributed by atoms with Crippen molar-refractivity contribution < 1.29 is 0 Å². The molecule has 0 saturated carbocycles. The van der Waals surface area contributed by atoms with Gasteiger partial charge in [0, 0.05) is 0 Å². The molecule has 20 heavy (non-hydrogen) atoms. The van der Waals surface area contributed by atoms with Gasteiger partial charge in [-0.2, -0.15) is 0 Å². The first-order chi connectivity index (χ1) is 9.75. The molecule has 0 aromatic heterocycles. The van der Waals surface area contributed by atoms with Gasteiger partial charge in [0.2, 0.25) is 0 Å². The van der Waals surface area contributed by atoms with Crippen LogP contribution in [0.1, 0.15) is 11.1 Å². The molecule has 0 bridgehead atoms. The molecule has 0 aliphatic carbocycles. The van der Waals surface area contributed by atoms with Gasteiger partial charge in [-0.15, -0.1) is 0 Å². The summed E-state index contributed by atoms with van der Waals surface area (Å²) in [5.41, 5.74) is 7.86. The van der Waals surface area contributed by atoms with Crippen molar-refractivity contribution in [3.63, 3.8) is 0 Å². The Bertz CT molecular complexity index is 710. The van der Waals surface area contributed by atoms with Crippen molar-refractivity contribution in [2.45, 2.75) is 13.8 Å². The van der Waals surface area contributed by atoms with Gasteiger partial charge >= 0.3 is 0 Å². The molecule has 0 nitrogen and oxygen atoms in total. The Morgan fingerprint density at radius 2 is 1.10 bits per heavy atom. The smallest absolute Gasteiger partial charge is 0.0146 e. The number of aryl methyl sites for hydroxylation is 1. The lowest BCUT2D eigenvalue weighted by molar-refractivity contribution is 1.34. The Hall–Kier alpha value is -2.34. The van der Waals surface area contributed by atoms with Gasteiger partial charge in [-0.3, -0.25) is 0 Å². The number of hydrogen-bond donors (Lipinski definition) is 0. The van der Waals surface area contributed by atoms with Gasteiger partial charge in [0.05, 0.1) is 0 Å². The van der Waals surface area contributed by atoms with E-state index in [1.807, 2.05) is 0 Å². The van der Waals surface area contributed by atoms with Gasteiger partial charge in [-0.1, -0.05) is 66.7 Å². The highest BCUT2D eigenvalue weighted by atomic mass is 14.1. The van der Waals surface area contributed by atoms with Crippen LogP contribution in [0.3, 0.4) is 0 Å². The minimum Gasteiger partial charge on any atom is -0.0622 e. The van der Waals surface area contributed by atoms with Crippen LogP contribution in [0.15, 0.2) is 72.8 Å². The average Bonchev–Trinajstić information content (AvgIpc) is 2.51. The first-order valence-electron chi connectivity index (χ1n) is 6.98. The van der Waals surface area contributed by atoms with E-state index in [1.165, 1.54) is 33.4 Å². The van der Waals surface area contributed by atoms with Crippen molar-refractivity contribution >= 4 is 0 Å². The number of benzene rings is 3. The fourth-order valence-corrected chi connectivity index (χ4v) is 2.57. The van der Waals surface area contributed by atoms with Crippen LogP contribution in [0, 0.1) is 13.8 Å². The molecule has 0 aliphatic rings. The Kier molecular flexibility index (Phi) is 3.39. The Labute approximate surface area is 120 Å². The highest BCUT2D eigenvalue weighted by Gasteiger charge is 2.07. The minimum atomic E-state index is 1.27. The van der Waals surface area contributed by atoms with Gasteiger partial charge in [-0.05, 0) is 53.3 Å². The number of hydrogen-bond acceptors (Lipinski definition) is 0. The predicted molar refractivity (Wildman–Crippen MR) is 86.8 cm³/mol. The van der Waals surface area contributed by atoms with E-state index >= 15 is 0 Å². The summed E-state index contributed by atoms with van der Waals surface area (Å²) in [7, 11) is 0. The molecule has 0 fully saturated rings. The molecule has 3 rings (SSSR count). The Morgan fingerprint density at radius 3 is 1.70 bits per heavy atom. The molecule has 0 aliphatic heterocycles. The lowest BCUT2D eigenvalue weighted by Gasteiger charge is -2.13. The first kappa shape index (κ1) is 12.7. The molecule has 0 atom stereocenters. The first-order valence-corrected chi connectivity index (χ1v) is 6.98. The van der Waals surface area contributed by atoms with Gasteiger partial charge in [0.1, 0.15) is 0 Å². The van der Waals surface area contributed by atoms with Crippen LogP contribution >= 0.6 is 0 Å². The van der Waals surface area contributed by atoms with Crippen LogP contribution in [0.2, 0.25) is 0 Å². The quantitative estimate of drug-likeness (QED) is 0.558. The van der Waals surface area contributed by atoms with E-state index in [-0.39, 0.29) is 0 Å². The van der Waals surface area contributed by atoms with Crippen molar-refractivity contribution in [1.29, 1.82) is 0 Å². The van der Waals surface area contributed by atoms with Crippen molar-refractivity contribution in [2.24, 2.45) is 0 Å². The van der Waals surface area contributed by atoms with Crippen LogP contribution in [0.25, 0.3) is 22.3 Å². The maximum absolute atomic E-state index is 2.30. The highest BCUT2D eigenvalue weighted by Crippen LogP contribution is 2.31. The van der Waals surface area contributed by atoms with Crippen molar-refractivity contribution in [2.75, 3.05) is 0 Å². The summed E-state index contributed by atoms with van der Waals surface area (Å²) in [5.74, 6) is 0. The van der Waals surface area contributed by atoms with Gasteiger partial charge in [0.15, 0.2) is 0 Å². The SMILES string of the molecule is Cc1cc(-c2ccccc2)cc(-c2ccccc2)c1C. The second-order valence-corrected chi connectivity index (χ2v) is 5.20. The summed E-state index contributed by atoms with van der Waals surface area (Å²) in [6.45, 7) is 4.39. The summed E-state index contributed by atoms with van der Waals surface area (Å²) >= 11 is 0. The standard InChI is InChI=1S/C20H18/c1-15-13-19(17-9-5-3-6-10-17)14-20(16(15)2)18-11-7-4-8-12-18/h3-14H,1-2H3. The maximum atomic E-state index is 2.30. The molecule has 0 heteroatoms. The summed E-state index contributed by atoms with van der Waals surface area (Å²) in [6.07, 6.45) is 0. The molecule has 0 unspecified atom stereocenters. The summed E-state index contributed by atoms with van der Waals surface area (Å²) in [6, 6.07) is 25.8. The largest absolute Gasteiger partial charge is 0.0622 e. The highest BCUT2D eigenvalue weighted by molar-refractivity contribution is 5.76. The molecule has 98 valence electrons. The molecule has 3 aromatic rings. The summed E-state index contributed by atoms with van der Waals surface area (Å²) in [4.78, 5) is 0. The molecule has 0 amide bonds. The van der Waals surface area contributed by atoms with E-state index in [2.05, 4.69) is 86.6 Å². The molecule has 3 aromatic carbocycles. The molecular formula is C20H18. The van der Waals surface area contributed by atoms with E-state index in [0.717, 1.165) is 0 Å². The lowest BCUT2D eigenvalue weighted by Crippen LogP contribution is -1.90. The molecule has 0 saturated heterocycles. The van der Waals surface area contributed by atoms with Crippen molar-refractivity contribution in [3.8, 4) is 22.3 Å². The Morgan fingerprint density at radius 1 is 0.550 bits per heavy atom. The average molecular weight is 258 g/mol. The van der Waals surface area contributed by atoms with Crippen LogP contribution in [-0.4, -0.2) is 0 Å². The second-order valence-electron chi connectivity index (χ2n) is 5.20. The summed E-state index contributed by atoms with van der Waals surface area (Å²) < 4.78 is 0. The lowest BCUT2D eigenvalue weighted by atomic mass is 9.92.